The van der Waals surface area contributed by atoms with E-state index in [0.717, 1.165) is 0 Å². The molecule has 0 radical (unpaired) electrons. The fourth-order valence-corrected chi connectivity index (χ4v) is 0. The van der Waals surface area contributed by atoms with E-state index in [4.69, 9.17) is 23.0 Å². The van der Waals surface area contributed by atoms with Gasteiger partial charge in [0.2, 0.25) is 0 Å². The van der Waals surface area contributed by atoms with Crippen molar-refractivity contribution in [1.82, 2.24) is 0 Å². The topological polar surface area (TPSA) is 126 Å². The molecule has 0 amide bonds. The van der Waals surface area contributed by atoms with Crippen LogP contribution in [0.25, 0.3) is 0 Å². The van der Waals surface area contributed by atoms with Gasteiger partial charge in [-0.15, -0.1) is 0 Å². The van der Waals surface area contributed by atoms with Crippen molar-refractivity contribution in [3.05, 3.63) is 0 Å². The average molecular weight is 140 g/mol. The molecule has 0 atom stereocenters. The zero-order valence-corrected chi connectivity index (χ0v) is 4.89. The maximum atomic E-state index is 8.57. The summed E-state index contributed by atoms with van der Waals surface area (Å²) in [5.41, 5.74) is 0. The van der Waals surface area contributed by atoms with E-state index in [1.807, 2.05) is 0 Å². The molecule has 0 saturated carbocycles. The van der Waals surface area contributed by atoms with Crippen LogP contribution < -0.4 is 0 Å². The average Bonchev–Trinajstić information content (AvgIpc) is 1.33. The monoisotopic (exact) mass is 140 g/mol. The summed E-state index contributed by atoms with van der Waals surface area (Å²) in [6.07, 6.45) is -1.83. The van der Waals surface area contributed by atoms with E-state index in [-0.39, 0.29) is 5.48 Å². The van der Waals surface area contributed by atoms with E-state index < -0.39 is 21.6 Å². The van der Waals surface area contributed by atoms with Crippen molar-refractivity contribution in [1.29, 1.82) is 0 Å². The molecule has 0 spiro atoms. The molecule has 0 aliphatic rings. The molecule has 0 heterocycles. The van der Waals surface area contributed by atoms with Crippen LogP contribution in [0.4, 0.5) is 4.79 Å². The van der Waals surface area contributed by atoms with Gasteiger partial charge in [-0.2, -0.15) is 0 Å². The van der Waals surface area contributed by atoms with Gasteiger partial charge in [0.25, 0.3) is 0 Å². The first-order chi connectivity index (χ1) is 3.15. The Morgan fingerprint density at radius 2 is 1.38 bits per heavy atom. The van der Waals surface area contributed by atoms with Crippen molar-refractivity contribution in [2.75, 3.05) is 0 Å². The van der Waals surface area contributed by atoms with Crippen molar-refractivity contribution in [3.63, 3.8) is 0 Å². The second-order valence-corrected chi connectivity index (χ2v) is 0.599. The van der Waals surface area contributed by atoms with Gasteiger partial charge < -0.3 is 15.7 Å². The zero-order valence-electron chi connectivity index (χ0n) is 3.74. The fourth-order valence-electron chi connectivity index (χ4n) is 0. The Morgan fingerprint density at radius 3 is 1.38 bits per heavy atom. The summed E-state index contributed by atoms with van der Waals surface area (Å²) in [6, 6.07) is 0. The molecule has 0 aliphatic heterocycles. The maximum absolute atomic E-state index is 8.57. The molecule has 0 aliphatic carbocycles. The fraction of sp³-hybridized carbons (Fsp3) is 0. The number of hydrogen-bond donors (Lipinski definition) is 3. The van der Waals surface area contributed by atoms with Crippen LogP contribution in [0.2, 0.25) is 0 Å². The van der Waals surface area contributed by atoms with Crippen LogP contribution in [-0.2, 0) is 3.80 Å². The first kappa shape index (κ1) is 15.7. The Morgan fingerprint density at radius 1 is 1.38 bits per heavy atom. The summed E-state index contributed by atoms with van der Waals surface area (Å²) in [6.45, 7) is 0. The van der Waals surface area contributed by atoms with Gasteiger partial charge in [0.1, 0.15) is 0 Å². The summed E-state index contributed by atoms with van der Waals surface area (Å²) in [5, 5.41) is 13.9. The molecule has 6 nitrogen and oxygen atoms in total. The van der Waals surface area contributed by atoms with Crippen LogP contribution in [0.15, 0.2) is 0 Å². The third-order valence-corrected chi connectivity index (χ3v) is 0. The van der Waals surface area contributed by atoms with Gasteiger partial charge in [-0.1, -0.05) is 0 Å². The summed E-state index contributed by atoms with van der Waals surface area (Å²) >= 11 is -1.50. The molecule has 8 heavy (non-hydrogen) atoms. The van der Waals surface area contributed by atoms with E-state index in [2.05, 4.69) is 0 Å². The second kappa shape index (κ2) is 16.2. The third kappa shape index (κ3) is 251. The molecule has 0 aromatic heterocycles. The van der Waals surface area contributed by atoms with Gasteiger partial charge in [0.15, 0.2) is 0 Å². The van der Waals surface area contributed by atoms with Gasteiger partial charge in [-0.05, 0) is 0 Å². The zero-order chi connectivity index (χ0) is 6.28. The van der Waals surface area contributed by atoms with Crippen molar-refractivity contribution in [2.24, 2.45) is 0 Å². The molecular formula is CH5AlO6. The Kier molecular flexibility index (Phi) is 31.7. The van der Waals surface area contributed by atoms with Gasteiger partial charge in [0.05, 0.1) is 0 Å². The van der Waals surface area contributed by atoms with E-state index in [1.165, 1.54) is 0 Å². The van der Waals surface area contributed by atoms with Gasteiger partial charge in [-0.3, -0.25) is 0 Å². The van der Waals surface area contributed by atoms with Crippen molar-refractivity contribution < 1.29 is 28.4 Å². The SMILES string of the molecule is O.O=C(O)O.[O]=[Al][OH]. The Bertz CT molecular complexity index is 55.5. The van der Waals surface area contributed by atoms with E-state index in [9.17, 15) is 0 Å². The van der Waals surface area contributed by atoms with Gasteiger partial charge >= 0.3 is 29.6 Å². The van der Waals surface area contributed by atoms with Gasteiger partial charge in [0, 0.05) is 0 Å². The summed E-state index contributed by atoms with van der Waals surface area (Å²) in [4.78, 5) is 8.56. The van der Waals surface area contributed by atoms with E-state index >= 15 is 0 Å². The predicted molar refractivity (Wildman–Crippen MR) is 22.9 cm³/mol. The van der Waals surface area contributed by atoms with Crippen molar-refractivity contribution in [3.8, 4) is 0 Å². The molecule has 0 bridgehead atoms. The molecule has 7 heteroatoms. The van der Waals surface area contributed by atoms with Gasteiger partial charge in [-0.25, -0.2) is 4.79 Å². The number of hydrogen-bond acceptors (Lipinski definition) is 2. The molecule has 0 aromatic rings. The van der Waals surface area contributed by atoms with Crippen LogP contribution in [-0.4, -0.2) is 41.5 Å². The Labute approximate surface area is 50.9 Å². The minimum absolute atomic E-state index is 0. The van der Waals surface area contributed by atoms with Crippen LogP contribution >= 0.6 is 0 Å². The quantitative estimate of drug-likeness (QED) is 0.347. The standard InChI is InChI=1S/CH2O3.Al.2H2O.O/c2-1(3)4;;;;/h(H2,2,3,4);;2*1H2;/q;+1;;;/p-1. The number of carboxylic acid groups (broad SMARTS) is 2. The molecule has 5 N–H and O–H groups in total. The molecule has 0 unspecified atom stereocenters. The first-order valence-corrected chi connectivity index (χ1v) is 2.13. The second-order valence-electron chi connectivity index (χ2n) is 0.388. The molecule has 0 aromatic carbocycles. The first-order valence-electron chi connectivity index (χ1n) is 1.15. The van der Waals surface area contributed by atoms with Crippen LogP contribution in [0.1, 0.15) is 0 Å². The van der Waals surface area contributed by atoms with E-state index in [0.29, 0.717) is 0 Å². The molecule has 48 valence electrons. The minimum atomic E-state index is -1.83. The molecule has 0 saturated heterocycles. The predicted octanol–water partition coefficient (Wildman–Crippen LogP) is -1.66. The normalized spacial score (nSPS) is 4.00. The molecule has 0 fully saturated rings. The van der Waals surface area contributed by atoms with E-state index in [1.54, 1.807) is 0 Å². The summed E-state index contributed by atoms with van der Waals surface area (Å²) < 4.78 is 15.7. The van der Waals surface area contributed by atoms with Crippen LogP contribution in [0.3, 0.4) is 0 Å². The van der Waals surface area contributed by atoms with Crippen molar-refractivity contribution >= 4 is 21.6 Å². The number of rotatable bonds is 0. The van der Waals surface area contributed by atoms with Crippen LogP contribution in [0, 0.1) is 0 Å². The molecular weight excluding hydrogens is 135 g/mol. The number of carbonyl (C=O) groups is 1. The summed E-state index contributed by atoms with van der Waals surface area (Å²) in [7, 11) is 0. The van der Waals surface area contributed by atoms with Crippen molar-refractivity contribution in [2.45, 2.75) is 0 Å². The van der Waals surface area contributed by atoms with Crippen LogP contribution in [0.5, 0.6) is 0 Å². The Balaban J connectivity index is -0.0000000575. The Hall–Kier alpha value is -0.638. The molecule has 0 rings (SSSR count). The summed E-state index contributed by atoms with van der Waals surface area (Å²) in [5.74, 6) is 0. The third-order valence-electron chi connectivity index (χ3n) is 0.